The summed E-state index contributed by atoms with van der Waals surface area (Å²) in [5.74, 6) is 1.05. The van der Waals surface area contributed by atoms with Crippen molar-refractivity contribution >= 4 is 17.1 Å². The smallest absolute Gasteiger partial charge is 0.416 e. The Morgan fingerprint density at radius 3 is 2.53 bits per heavy atom. The number of benzene rings is 2. The maximum atomic E-state index is 13.1. The maximum Gasteiger partial charge on any atom is 0.416 e. The summed E-state index contributed by atoms with van der Waals surface area (Å²) in [4.78, 5) is 20.2. The van der Waals surface area contributed by atoms with Gasteiger partial charge in [0.1, 0.15) is 11.6 Å². The molecule has 1 atom stereocenters. The SMILES string of the molecule is COc1ccc(C[C@@H](NC(=O)N[C@H]2CC[C@H](O)CC2)c2nc3cc(C(F)(F)F)ccc3[nH]2)cc1. The lowest BCUT2D eigenvalue weighted by molar-refractivity contribution is -0.137. The minimum atomic E-state index is -4.47. The van der Waals surface area contributed by atoms with E-state index in [4.69, 9.17) is 4.74 Å². The number of aromatic nitrogens is 2. The Balaban J connectivity index is 1.56. The van der Waals surface area contributed by atoms with Crippen LogP contribution in [0.4, 0.5) is 18.0 Å². The zero-order chi connectivity index (χ0) is 24.3. The van der Waals surface area contributed by atoms with Crippen LogP contribution in [0.2, 0.25) is 0 Å². The fraction of sp³-hybridized carbons (Fsp3) is 0.417. The molecule has 7 nitrogen and oxygen atoms in total. The van der Waals surface area contributed by atoms with E-state index in [2.05, 4.69) is 20.6 Å². The number of H-pyrrole nitrogens is 1. The normalized spacial score (nSPS) is 19.6. The Morgan fingerprint density at radius 2 is 1.88 bits per heavy atom. The van der Waals surface area contributed by atoms with Crippen LogP contribution in [0, 0.1) is 0 Å². The van der Waals surface area contributed by atoms with Crippen LogP contribution in [-0.2, 0) is 12.6 Å². The van der Waals surface area contributed by atoms with Crippen molar-refractivity contribution in [1.82, 2.24) is 20.6 Å². The molecule has 1 aromatic heterocycles. The van der Waals surface area contributed by atoms with E-state index in [1.54, 1.807) is 19.2 Å². The molecule has 0 unspecified atom stereocenters. The number of nitrogens with one attached hydrogen (secondary N) is 3. The van der Waals surface area contributed by atoms with Gasteiger partial charge in [0, 0.05) is 6.04 Å². The van der Waals surface area contributed by atoms with Gasteiger partial charge in [-0.2, -0.15) is 13.2 Å². The minimum Gasteiger partial charge on any atom is -0.497 e. The molecule has 10 heteroatoms. The molecule has 0 bridgehead atoms. The van der Waals surface area contributed by atoms with Crippen molar-refractivity contribution in [2.75, 3.05) is 7.11 Å². The Bertz CT molecular complexity index is 1120. The van der Waals surface area contributed by atoms with Crippen LogP contribution >= 0.6 is 0 Å². The highest BCUT2D eigenvalue weighted by atomic mass is 19.4. The van der Waals surface area contributed by atoms with E-state index < -0.39 is 23.8 Å². The van der Waals surface area contributed by atoms with Crippen LogP contribution in [0.15, 0.2) is 42.5 Å². The molecule has 182 valence electrons. The van der Waals surface area contributed by atoms with Crippen LogP contribution < -0.4 is 15.4 Å². The van der Waals surface area contributed by atoms with Gasteiger partial charge in [0.05, 0.1) is 35.9 Å². The van der Waals surface area contributed by atoms with Gasteiger partial charge in [-0.25, -0.2) is 9.78 Å². The number of hydrogen-bond donors (Lipinski definition) is 4. The predicted molar refractivity (Wildman–Crippen MR) is 120 cm³/mol. The number of aromatic amines is 1. The summed E-state index contributed by atoms with van der Waals surface area (Å²) in [6.07, 6.45) is -1.81. The van der Waals surface area contributed by atoms with Crippen LogP contribution in [0.25, 0.3) is 11.0 Å². The zero-order valence-electron chi connectivity index (χ0n) is 18.7. The second-order valence-electron chi connectivity index (χ2n) is 8.58. The zero-order valence-corrected chi connectivity index (χ0v) is 18.7. The third kappa shape index (κ3) is 5.80. The number of fused-ring (bicyclic) bond motifs is 1. The van der Waals surface area contributed by atoms with Gasteiger partial charge in [0.25, 0.3) is 0 Å². The lowest BCUT2D eigenvalue weighted by atomic mass is 9.93. The second kappa shape index (κ2) is 9.92. The molecule has 1 aliphatic carbocycles. The van der Waals surface area contributed by atoms with Crippen LogP contribution in [0.3, 0.4) is 0 Å². The van der Waals surface area contributed by atoms with Crippen molar-refractivity contribution in [3.63, 3.8) is 0 Å². The summed E-state index contributed by atoms with van der Waals surface area (Å²) >= 11 is 0. The highest BCUT2D eigenvalue weighted by Crippen LogP contribution is 2.31. The average molecular weight is 476 g/mol. The molecule has 0 radical (unpaired) electrons. The molecule has 1 heterocycles. The second-order valence-corrected chi connectivity index (χ2v) is 8.58. The first-order valence-corrected chi connectivity index (χ1v) is 11.2. The fourth-order valence-electron chi connectivity index (χ4n) is 4.19. The summed E-state index contributed by atoms with van der Waals surface area (Å²) in [5.41, 5.74) is 0.734. The van der Waals surface area contributed by atoms with E-state index in [-0.39, 0.29) is 17.7 Å². The van der Waals surface area contributed by atoms with Gasteiger partial charge in [-0.15, -0.1) is 0 Å². The first kappa shape index (κ1) is 23.9. The lowest BCUT2D eigenvalue weighted by Crippen LogP contribution is -2.45. The number of aliphatic hydroxyl groups is 1. The first-order valence-electron chi connectivity index (χ1n) is 11.2. The minimum absolute atomic E-state index is 0.0462. The Labute approximate surface area is 194 Å². The molecule has 0 spiro atoms. The van der Waals surface area contributed by atoms with E-state index in [0.717, 1.165) is 17.7 Å². The van der Waals surface area contributed by atoms with Crippen LogP contribution in [0.5, 0.6) is 5.75 Å². The van der Waals surface area contributed by atoms with E-state index >= 15 is 0 Å². The number of ether oxygens (including phenoxy) is 1. The molecule has 0 saturated heterocycles. The molecule has 3 aromatic rings. The number of carbonyl (C=O) groups excluding carboxylic acids is 1. The number of halogens is 3. The first-order chi connectivity index (χ1) is 16.2. The molecule has 4 rings (SSSR count). The Hall–Kier alpha value is -3.27. The molecule has 1 fully saturated rings. The molecular weight excluding hydrogens is 449 g/mol. The van der Waals surface area contributed by atoms with Crippen molar-refractivity contribution in [3.05, 3.63) is 59.4 Å². The molecule has 4 N–H and O–H groups in total. The van der Waals surface area contributed by atoms with Crippen LogP contribution in [0.1, 0.15) is 48.7 Å². The highest BCUT2D eigenvalue weighted by Gasteiger charge is 2.31. The van der Waals surface area contributed by atoms with Crippen molar-refractivity contribution in [1.29, 1.82) is 0 Å². The summed E-state index contributed by atoms with van der Waals surface area (Å²) in [6, 6.07) is 9.61. The number of urea groups is 1. The fourth-order valence-corrected chi connectivity index (χ4v) is 4.19. The average Bonchev–Trinajstić information content (AvgIpc) is 3.23. The van der Waals surface area contributed by atoms with Crippen molar-refractivity contribution in [2.24, 2.45) is 0 Å². The van der Waals surface area contributed by atoms with Gasteiger partial charge in [0.15, 0.2) is 0 Å². The van der Waals surface area contributed by atoms with Crippen LogP contribution in [-0.4, -0.2) is 40.4 Å². The number of rotatable bonds is 6. The van der Waals surface area contributed by atoms with Gasteiger partial charge in [-0.05, 0) is 68.0 Å². The quantitative estimate of drug-likeness (QED) is 0.422. The topological polar surface area (TPSA) is 99.3 Å². The standard InChI is InChI=1S/C24H27F3N4O3/c1-34-18-9-2-14(3-10-18)12-21(31-23(33)28-16-5-7-17(32)8-6-16)22-29-19-11-4-15(24(25,26)27)13-20(19)30-22/h2-4,9-11,13,16-17,21,32H,5-8,12H2,1H3,(H,29,30)(H2,28,31,33)/t16-,17-,21-/m1/s1. The van der Waals surface area contributed by atoms with Gasteiger partial charge in [0.2, 0.25) is 0 Å². The number of nitrogens with zero attached hydrogens (tertiary/aromatic N) is 1. The van der Waals surface area contributed by atoms with Gasteiger partial charge in [-0.3, -0.25) is 0 Å². The molecule has 34 heavy (non-hydrogen) atoms. The number of methoxy groups -OCH3 is 1. The molecule has 2 amide bonds. The van der Waals surface area contributed by atoms with E-state index in [9.17, 15) is 23.1 Å². The van der Waals surface area contributed by atoms with E-state index in [1.165, 1.54) is 6.07 Å². The summed E-state index contributed by atoms with van der Waals surface area (Å²) < 4.78 is 44.5. The number of carbonyl (C=O) groups is 1. The van der Waals surface area contributed by atoms with Gasteiger partial charge >= 0.3 is 12.2 Å². The van der Waals surface area contributed by atoms with Gasteiger partial charge in [-0.1, -0.05) is 12.1 Å². The number of alkyl halides is 3. The molecule has 1 saturated carbocycles. The largest absolute Gasteiger partial charge is 0.497 e. The third-order valence-corrected chi connectivity index (χ3v) is 6.09. The van der Waals surface area contributed by atoms with Crippen molar-refractivity contribution in [2.45, 2.75) is 56.5 Å². The summed E-state index contributed by atoms with van der Waals surface area (Å²) in [6.45, 7) is 0. The highest BCUT2D eigenvalue weighted by molar-refractivity contribution is 5.77. The number of aliphatic hydroxyl groups excluding tert-OH is 1. The monoisotopic (exact) mass is 476 g/mol. The Morgan fingerprint density at radius 1 is 1.18 bits per heavy atom. The third-order valence-electron chi connectivity index (χ3n) is 6.09. The molecule has 0 aliphatic heterocycles. The summed E-state index contributed by atoms with van der Waals surface area (Å²) in [7, 11) is 1.57. The molecule has 1 aliphatic rings. The Kier molecular flexibility index (Phi) is 6.97. The van der Waals surface area contributed by atoms with Crippen molar-refractivity contribution in [3.8, 4) is 5.75 Å². The maximum absolute atomic E-state index is 13.1. The summed E-state index contributed by atoms with van der Waals surface area (Å²) in [5, 5.41) is 15.5. The predicted octanol–water partition coefficient (Wildman–Crippen LogP) is 4.48. The van der Waals surface area contributed by atoms with Gasteiger partial charge < -0.3 is 25.5 Å². The van der Waals surface area contributed by atoms with E-state index in [0.29, 0.717) is 49.2 Å². The van der Waals surface area contributed by atoms with Crippen molar-refractivity contribution < 1.29 is 27.8 Å². The lowest BCUT2D eigenvalue weighted by Gasteiger charge is -2.27. The number of imidazole rings is 1. The number of amides is 2. The molecule has 2 aromatic carbocycles. The van der Waals surface area contributed by atoms with E-state index in [1.807, 2.05) is 12.1 Å². The number of hydrogen-bond acceptors (Lipinski definition) is 4. The molecular formula is C24H27F3N4O3.